The number of hydrogen-bond acceptors (Lipinski definition) is 2. The van der Waals surface area contributed by atoms with Gasteiger partial charge in [0.15, 0.2) is 0 Å². The topological polar surface area (TPSA) is 21.1 Å². The normalized spacial score (nSPS) is 21.8. The van der Waals surface area contributed by atoms with E-state index in [1.54, 1.807) is 0 Å². The van der Waals surface area contributed by atoms with Crippen LogP contribution in [0.3, 0.4) is 0 Å². The third-order valence-corrected chi connectivity index (χ3v) is 4.46. The van der Waals surface area contributed by atoms with Gasteiger partial charge in [-0.25, -0.2) is 4.98 Å². The summed E-state index contributed by atoms with van der Waals surface area (Å²) in [7, 11) is 0. The van der Waals surface area contributed by atoms with E-state index >= 15 is 0 Å². The van der Waals surface area contributed by atoms with Crippen LogP contribution in [-0.2, 0) is 13.0 Å². The maximum absolute atomic E-state index is 4.52. The van der Waals surface area contributed by atoms with Gasteiger partial charge in [0.2, 0.25) is 0 Å². The first-order valence-corrected chi connectivity index (χ1v) is 7.67. The highest BCUT2D eigenvalue weighted by Gasteiger charge is 2.28. The van der Waals surface area contributed by atoms with Crippen LogP contribution in [0.1, 0.15) is 51.9 Å². The molecule has 2 heterocycles. The summed E-state index contributed by atoms with van der Waals surface area (Å²) in [5.41, 5.74) is 2.91. The smallest absolute Gasteiger partial charge is 0.0951 e. The molecule has 1 fully saturated rings. The van der Waals surface area contributed by atoms with E-state index in [1.165, 1.54) is 37.3 Å². The first kappa shape index (κ1) is 14.6. The SMILES string of the molecule is CCc1ncn(C[C@@H]2CCCN(C(C)(C)C)C2)c1C. The van der Waals surface area contributed by atoms with Crippen LogP contribution in [0.15, 0.2) is 6.33 Å². The van der Waals surface area contributed by atoms with Crippen molar-refractivity contribution >= 4 is 0 Å². The Bertz CT molecular complexity index is 414. The summed E-state index contributed by atoms with van der Waals surface area (Å²) < 4.78 is 2.36. The van der Waals surface area contributed by atoms with Gasteiger partial charge >= 0.3 is 0 Å². The van der Waals surface area contributed by atoms with Gasteiger partial charge in [-0.15, -0.1) is 0 Å². The Balaban J connectivity index is 2.01. The standard InChI is InChI=1S/C16H29N3/c1-6-15-13(2)18(12-17-15)10-14-8-7-9-19(11-14)16(3,4)5/h12,14H,6-11H2,1-5H3/t14-/m0/s1. The van der Waals surface area contributed by atoms with E-state index in [0.29, 0.717) is 5.54 Å². The summed E-state index contributed by atoms with van der Waals surface area (Å²) in [4.78, 5) is 7.15. The zero-order valence-corrected chi connectivity index (χ0v) is 13.2. The first-order valence-electron chi connectivity index (χ1n) is 7.67. The minimum Gasteiger partial charge on any atom is -0.334 e. The molecular formula is C16H29N3. The third-order valence-electron chi connectivity index (χ3n) is 4.46. The fourth-order valence-corrected chi connectivity index (χ4v) is 3.12. The summed E-state index contributed by atoms with van der Waals surface area (Å²) >= 11 is 0. The number of rotatable bonds is 3. The summed E-state index contributed by atoms with van der Waals surface area (Å²) in [6.07, 6.45) is 5.75. The van der Waals surface area contributed by atoms with Crippen molar-refractivity contribution in [3.63, 3.8) is 0 Å². The van der Waals surface area contributed by atoms with Gasteiger partial charge in [-0.3, -0.25) is 4.90 Å². The molecule has 3 nitrogen and oxygen atoms in total. The second-order valence-electron chi connectivity index (χ2n) is 6.91. The molecule has 19 heavy (non-hydrogen) atoms. The zero-order chi connectivity index (χ0) is 14.0. The molecule has 0 saturated carbocycles. The Morgan fingerprint density at radius 1 is 1.37 bits per heavy atom. The van der Waals surface area contributed by atoms with E-state index in [1.807, 2.05) is 6.33 Å². The van der Waals surface area contributed by atoms with Crippen LogP contribution >= 0.6 is 0 Å². The van der Waals surface area contributed by atoms with E-state index in [0.717, 1.165) is 18.9 Å². The molecule has 2 rings (SSSR count). The van der Waals surface area contributed by atoms with Crippen molar-refractivity contribution in [3.8, 4) is 0 Å². The molecule has 0 radical (unpaired) electrons. The van der Waals surface area contributed by atoms with Crippen molar-refractivity contribution in [2.75, 3.05) is 13.1 Å². The summed E-state index contributed by atoms with van der Waals surface area (Å²) in [6, 6.07) is 0. The predicted octanol–water partition coefficient (Wildman–Crippen LogP) is 3.26. The number of likely N-dealkylation sites (tertiary alicyclic amines) is 1. The molecule has 0 amide bonds. The van der Waals surface area contributed by atoms with Gasteiger partial charge in [0, 0.05) is 24.3 Å². The second-order valence-corrected chi connectivity index (χ2v) is 6.91. The van der Waals surface area contributed by atoms with Gasteiger partial charge in [0.1, 0.15) is 0 Å². The molecule has 0 N–H and O–H groups in total. The minimum atomic E-state index is 0.303. The van der Waals surface area contributed by atoms with Gasteiger partial charge in [-0.1, -0.05) is 6.92 Å². The van der Waals surface area contributed by atoms with E-state index < -0.39 is 0 Å². The Hall–Kier alpha value is -0.830. The van der Waals surface area contributed by atoms with E-state index in [9.17, 15) is 0 Å². The maximum Gasteiger partial charge on any atom is 0.0951 e. The monoisotopic (exact) mass is 263 g/mol. The van der Waals surface area contributed by atoms with Crippen molar-refractivity contribution in [1.82, 2.24) is 14.5 Å². The molecule has 1 aromatic rings. The van der Waals surface area contributed by atoms with Crippen LogP contribution < -0.4 is 0 Å². The zero-order valence-electron chi connectivity index (χ0n) is 13.2. The predicted molar refractivity (Wildman–Crippen MR) is 80.4 cm³/mol. The number of imidazole rings is 1. The van der Waals surface area contributed by atoms with E-state index in [2.05, 4.69) is 49.1 Å². The van der Waals surface area contributed by atoms with Crippen LogP contribution in [-0.4, -0.2) is 33.1 Å². The third kappa shape index (κ3) is 3.38. The van der Waals surface area contributed by atoms with Crippen LogP contribution in [0.25, 0.3) is 0 Å². The molecule has 3 heteroatoms. The average Bonchev–Trinajstić information content (AvgIpc) is 2.70. The van der Waals surface area contributed by atoms with Gasteiger partial charge in [0.05, 0.1) is 12.0 Å². The second kappa shape index (κ2) is 5.66. The van der Waals surface area contributed by atoms with Crippen LogP contribution in [0.2, 0.25) is 0 Å². The molecule has 0 aliphatic carbocycles. The fourth-order valence-electron chi connectivity index (χ4n) is 3.12. The van der Waals surface area contributed by atoms with E-state index in [-0.39, 0.29) is 0 Å². The van der Waals surface area contributed by atoms with E-state index in [4.69, 9.17) is 0 Å². The van der Waals surface area contributed by atoms with Gasteiger partial charge < -0.3 is 4.57 Å². The molecule has 0 aromatic carbocycles. The number of aromatic nitrogens is 2. The number of piperidine rings is 1. The van der Waals surface area contributed by atoms with Crippen molar-refractivity contribution in [3.05, 3.63) is 17.7 Å². The molecule has 108 valence electrons. The quantitative estimate of drug-likeness (QED) is 0.834. The Morgan fingerprint density at radius 2 is 2.11 bits per heavy atom. The number of nitrogens with zero attached hydrogens (tertiary/aromatic N) is 3. The lowest BCUT2D eigenvalue weighted by Gasteiger charge is -2.41. The molecular weight excluding hydrogens is 234 g/mol. The van der Waals surface area contributed by atoms with Crippen LogP contribution in [0.5, 0.6) is 0 Å². The molecule has 1 aromatic heterocycles. The van der Waals surface area contributed by atoms with Crippen LogP contribution in [0.4, 0.5) is 0 Å². The van der Waals surface area contributed by atoms with Gasteiger partial charge in [-0.2, -0.15) is 0 Å². The average molecular weight is 263 g/mol. The van der Waals surface area contributed by atoms with Crippen molar-refractivity contribution in [2.45, 2.75) is 66.0 Å². The lowest BCUT2D eigenvalue weighted by molar-refractivity contribution is 0.0732. The summed E-state index contributed by atoms with van der Waals surface area (Å²) in [5, 5.41) is 0. The Morgan fingerprint density at radius 3 is 2.68 bits per heavy atom. The Kier molecular flexibility index (Phi) is 4.34. The highest BCUT2D eigenvalue weighted by atomic mass is 15.2. The highest BCUT2D eigenvalue weighted by molar-refractivity contribution is 5.10. The molecule has 1 atom stereocenters. The minimum absolute atomic E-state index is 0.303. The molecule has 0 unspecified atom stereocenters. The summed E-state index contributed by atoms with van der Waals surface area (Å²) in [5.74, 6) is 0.769. The molecule has 0 spiro atoms. The van der Waals surface area contributed by atoms with Gasteiger partial charge in [-0.05, 0) is 59.4 Å². The maximum atomic E-state index is 4.52. The molecule has 1 saturated heterocycles. The number of hydrogen-bond donors (Lipinski definition) is 0. The van der Waals surface area contributed by atoms with Gasteiger partial charge in [0.25, 0.3) is 0 Å². The largest absolute Gasteiger partial charge is 0.334 e. The molecule has 0 bridgehead atoms. The number of aryl methyl sites for hydroxylation is 1. The van der Waals surface area contributed by atoms with Crippen molar-refractivity contribution in [2.24, 2.45) is 5.92 Å². The Labute approximate surface area is 118 Å². The van der Waals surface area contributed by atoms with Crippen molar-refractivity contribution < 1.29 is 0 Å². The molecule has 1 aliphatic rings. The molecule has 1 aliphatic heterocycles. The lowest BCUT2D eigenvalue weighted by Crippen LogP contribution is -2.47. The highest BCUT2D eigenvalue weighted by Crippen LogP contribution is 2.25. The fraction of sp³-hybridized carbons (Fsp3) is 0.812. The summed E-state index contributed by atoms with van der Waals surface area (Å²) in [6.45, 7) is 15.0. The van der Waals surface area contributed by atoms with Crippen LogP contribution in [0, 0.1) is 12.8 Å². The first-order chi connectivity index (χ1) is 8.91. The van der Waals surface area contributed by atoms with Crippen molar-refractivity contribution in [1.29, 1.82) is 0 Å². The lowest BCUT2D eigenvalue weighted by atomic mass is 9.93.